The van der Waals surface area contributed by atoms with E-state index in [2.05, 4.69) is 30.9 Å². The van der Waals surface area contributed by atoms with Gasteiger partial charge in [0.2, 0.25) is 0 Å². The van der Waals surface area contributed by atoms with Crippen LogP contribution in [0.4, 0.5) is 5.13 Å². The van der Waals surface area contributed by atoms with Gasteiger partial charge in [0.15, 0.2) is 5.13 Å². The molecule has 0 bridgehead atoms. The van der Waals surface area contributed by atoms with Crippen LogP contribution in [-0.2, 0) is 9.53 Å². The second kappa shape index (κ2) is 9.92. The summed E-state index contributed by atoms with van der Waals surface area (Å²) in [6, 6.07) is 11.7. The third kappa shape index (κ3) is 5.33. The van der Waals surface area contributed by atoms with Crippen LogP contribution < -0.4 is 4.90 Å². The average molecular weight is 456 g/mol. The van der Waals surface area contributed by atoms with Gasteiger partial charge in [0.05, 0.1) is 23.4 Å². The zero-order valence-corrected chi connectivity index (χ0v) is 19.4. The highest BCUT2D eigenvalue weighted by Gasteiger charge is 2.20. The lowest BCUT2D eigenvalue weighted by Crippen LogP contribution is -2.42. The van der Waals surface area contributed by atoms with Gasteiger partial charge in [-0.15, -0.1) is 0 Å². The Bertz CT molecular complexity index is 1070. The first-order chi connectivity index (χ1) is 15.0. The molecular formula is C24H26ClN3O2S. The van der Waals surface area contributed by atoms with E-state index in [-0.39, 0.29) is 5.91 Å². The molecule has 1 saturated heterocycles. The van der Waals surface area contributed by atoms with Gasteiger partial charge < -0.3 is 4.74 Å². The summed E-state index contributed by atoms with van der Waals surface area (Å²) in [7, 11) is 0. The smallest absolute Gasteiger partial charge is 0.252 e. The number of thiazole rings is 1. The van der Waals surface area contributed by atoms with E-state index < -0.39 is 0 Å². The number of halogens is 1. The number of fused-ring (bicyclic) bond motifs is 1. The molecule has 7 heteroatoms. The second-order valence-electron chi connectivity index (χ2n) is 7.70. The minimum Gasteiger partial charge on any atom is -0.379 e. The lowest BCUT2D eigenvalue weighted by atomic mass is 10.1. The minimum absolute atomic E-state index is 0.0966. The summed E-state index contributed by atoms with van der Waals surface area (Å²) >= 11 is 7.80. The van der Waals surface area contributed by atoms with Gasteiger partial charge in [0, 0.05) is 37.3 Å². The normalized spacial score (nSPS) is 15.1. The van der Waals surface area contributed by atoms with Gasteiger partial charge in [-0.2, -0.15) is 0 Å². The maximum absolute atomic E-state index is 13.2. The molecule has 1 aliphatic heterocycles. The van der Waals surface area contributed by atoms with Crippen LogP contribution in [0.3, 0.4) is 0 Å². The molecule has 162 valence electrons. The molecule has 0 unspecified atom stereocenters. The van der Waals surface area contributed by atoms with Crippen LogP contribution in [0, 0.1) is 13.8 Å². The molecule has 0 aliphatic carbocycles. The van der Waals surface area contributed by atoms with Gasteiger partial charge in [-0.3, -0.25) is 14.6 Å². The topological polar surface area (TPSA) is 45.7 Å². The Morgan fingerprint density at radius 3 is 2.74 bits per heavy atom. The van der Waals surface area contributed by atoms with Crippen molar-refractivity contribution in [3.05, 3.63) is 64.2 Å². The molecule has 1 fully saturated rings. The van der Waals surface area contributed by atoms with Gasteiger partial charge >= 0.3 is 0 Å². The number of nitrogens with zero attached hydrogens (tertiary/aromatic N) is 3. The highest BCUT2D eigenvalue weighted by atomic mass is 35.5. The van der Waals surface area contributed by atoms with Crippen molar-refractivity contribution in [1.82, 2.24) is 9.88 Å². The first kappa shape index (κ1) is 22.0. The van der Waals surface area contributed by atoms with Gasteiger partial charge in [-0.25, -0.2) is 4.98 Å². The summed E-state index contributed by atoms with van der Waals surface area (Å²) in [5.41, 5.74) is 4.19. The maximum Gasteiger partial charge on any atom is 0.252 e. The summed E-state index contributed by atoms with van der Waals surface area (Å²) in [5, 5.41) is 1.35. The number of aromatic nitrogens is 1. The lowest BCUT2D eigenvalue weighted by Gasteiger charge is -2.28. The number of rotatable bonds is 6. The number of carbonyl (C=O) groups excluding carboxylic acids is 1. The van der Waals surface area contributed by atoms with Crippen molar-refractivity contribution in [2.75, 3.05) is 44.3 Å². The number of hydrogen-bond acceptors (Lipinski definition) is 5. The van der Waals surface area contributed by atoms with E-state index >= 15 is 0 Å². The zero-order chi connectivity index (χ0) is 21.8. The van der Waals surface area contributed by atoms with Gasteiger partial charge in [0.1, 0.15) is 0 Å². The molecule has 0 atom stereocenters. The Balaban J connectivity index is 1.60. The van der Waals surface area contributed by atoms with Crippen LogP contribution >= 0.6 is 22.9 Å². The van der Waals surface area contributed by atoms with Crippen LogP contribution in [0.1, 0.15) is 16.7 Å². The SMILES string of the molecule is Cc1cc2nc(N(CCN3CCOCC3)C(=O)/C=C/c3ccccc3Cl)sc2cc1C. The molecule has 1 amide bonds. The molecule has 2 aromatic carbocycles. The molecule has 31 heavy (non-hydrogen) atoms. The Hall–Kier alpha value is -2.25. The fraction of sp³-hybridized carbons (Fsp3) is 0.333. The van der Waals surface area contributed by atoms with Crippen LogP contribution in [-0.4, -0.2) is 55.2 Å². The quantitative estimate of drug-likeness (QED) is 0.493. The van der Waals surface area contributed by atoms with Crippen LogP contribution in [0.5, 0.6) is 0 Å². The largest absolute Gasteiger partial charge is 0.379 e. The molecule has 2 heterocycles. The molecule has 3 aromatic rings. The summed E-state index contributed by atoms with van der Waals surface area (Å²) in [6.07, 6.45) is 3.36. The molecular weight excluding hydrogens is 430 g/mol. The first-order valence-corrected chi connectivity index (χ1v) is 11.6. The molecule has 4 rings (SSSR count). The third-order valence-corrected chi connectivity index (χ3v) is 6.93. The second-order valence-corrected chi connectivity index (χ2v) is 9.12. The van der Waals surface area contributed by atoms with E-state index in [0.717, 1.165) is 53.8 Å². The Morgan fingerprint density at radius 1 is 1.23 bits per heavy atom. The fourth-order valence-corrected chi connectivity index (χ4v) is 4.79. The van der Waals surface area contributed by atoms with Gasteiger partial charge in [-0.05, 0) is 54.8 Å². The van der Waals surface area contributed by atoms with Crippen molar-refractivity contribution in [2.24, 2.45) is 0 Å². The number of aryl methyl sites for hydroxylation is 2. The predicted octanol–water partition coefficient (Wildman–Crippen LogP) is 4.95. The summed E-state index contributed by atoms with van der Waals surface area (Å²) in [4.78, 5) is 22.1. The Morgan fingerprint density at radius 2 is 1.97 bits per heavy atom. The number of amides is 1. The first-order valence-electron chi connectivity index (χ1n) is 10.4. The van der Waals surface area contributed by atoms with E-state index in [1.54, 1.807) is 28.4 Å². The molecule has 5 nitrogen and oxygen atoms in total. The van der Waals surface area contributed by atoms with Crippen molar-refractivity contribution >= 4 is 50.3 Å². The highest BCUT2D eigenvalue weighted by molar-refractivity contribution is 7.22. The lowest BCUT2D eigenvalue weighted by molar-refractivity contribution is -0.114. The zero-order valence-electron chi connectivity index (χ0n) is 17.8. The van der Waals surface area contributed by atoms with Gasteiger partial charge in [0.25, 0.3) is 5.91 Å². The third-order valence-electron chi connectivity index (χ3n) is 5.54. The number of benzene rings is 2. The highest BCUT2D eigenvalue weighted by Crippen LogP contribution is 2.31. The summed E-state index contributed by atoms with van der Waals surface area (Å²) in [5.74, 6) is -0.0966. The number of ether oxygens (including phenoxy) is 1. The van der Waals surface area contributed by atoms with E-state index in [1.807, 2.05) is 24.3 Å². The summed E-state index contributed by atoms with van der Waals surface area (Å²) in [6.45, 7) is 8.78. The Labute approximate surface area is 191 Å². The molecule has 0 spiro atoms. The average Bonchev–Trinajstić information content (AvgIpc) is 3.16. The molecule has 0 N–H and O–H groups in total. The van der Waals surface area contributed by atoms with Crippen molar-refractivity contribution in [1.29, 1.82) is 0 Å². The van der Waals surface area contributed by atoms with E-state index in [0.29, 0.717) is 11.6 Å². The van der Waals surface area contributed by atoms with Crippen molar-refractivity contribution in [3.63, 3.8) is 0 Å². The predicted molar refractivity (Wildman–Crippen MR) is 129 cm³/mol. The molecule has 0 radical (unpaired) electrons. The van der Waals surface area contributed by atoms with Crippen molar-refractivity contribution in [3.8, 4) is 0 Å². The van der Waals surface area contributed by atoms with Crippen molar-refractivity contribution < 1.29 is 9.53 Å². The van der Waals surface area contributed by atoms with E-state index in [4.69, 9.17) is 21.3 Å². The van der Waals surface area contributed by atoms with Crippen LogP contribution in [0.2, 0.25) is 5.02 Å². The standard InChI is InChI=1S/C24H26ClN3O2S/c1-17-15-21-22(16-18(17)2)31-24(26-21)28(10-9-27-11-13-30-14-12-27)23(29)8-7-19-5-3-4-6-20(19)25/h3-8,15-16H,9-14H2,1-2H3/b8-7+. The number of hydrogen-bond donors (Lipinski definition) is 0. The monoisotopic (exact) mass is 455 g/mol. The molecule has 0 saturated carbocycles. The van der Waals surface area contributed by atoms with Gasteiger partial charge in [-0.1, -0.05) is 41.1 Å². The molecule has 1 aliphatic rings. The van der Waals surface area contributed by atoms with E-state index in [1.165, 1.54) is 11.1 Å². The number of anilines is 1. The minimum atomic E-state index is -0.0966. The number of morpholine rings is 1. The maximum atomic E-state index is 13.2. The summed E-state index contributed by atoms with van der Waals surface area (Å²) < 4.78 is 6.54. The van der Waals surface area contributed by atoms with Crippen LogP contribution in [0.25, 0.3) is 16.3 Å². The fourth-order valence-electron chi connectivity index (χ4n) is 3.51. The molecule has 1 aromatic heterocycles. The van der Waals surface area contributed by atoms with Crippen LogP contribution in [0.15, 0.2) is 42.5 Å². The Kier molecular flexibility index (Phi) is 7.02. The number of carbonyl (C=O) groups is 1. The van der Waals surface area contributed by atoms with Crippen molar-refractivity contribution in [2.45, 2.75) is 13.8 Å². The van der Waals surface area contributed by atoms with E-state index in [9.17, 15) is 4.79 Å².